The minimum atomic E-state index is -0.00640. The summed E-state index contributed by atoms with van der Waals surface area (Å²) in [4.78, 5) is 12.6. The van der Waals surface area contributed by atoms with Gasteiger partial charge in [0.2, 0.25) is 0 Å². The van der Waals surface area contributed by atoms with Crippen molar-refractivity contribution in [2.24, 2.45) is 5.73 Å². The van der Waals surface area contributed by atoms with Crippen molar-refractivity contribution in [3.63, 3.8) is 0 Å². The number of rotatable bonds is 5. The Morgan fingerprint density at radius 1 is 1.35 bits per heavy atom. The Morgan fingerprint density at radius 2 is 2.00 bits per heavy atom. The van der Waals surface area contributed by atoms with Crippen LogP contribution in [-0.4, -0.2) is 27.9 Å². The Morgan fingerprint density at radius 3 is 2.60 bits per heavy atom. The van der Waals surface area contributed by atoms with Gasteiger partial charge in [-0.1, -0.05) is 37.7 Å². The van der Waals surface area contributed by atoms with Crippen molar-refractivity contribution >= 4 is 34.9 Å². The number of carbonyl (C=O) groups is 1. The zero-order valence-electron chi connectivity index (χ0n) is 11.6. The third-order valence-electron chi connectivity index (χ3n) is 3.58. The molecular formula is C15H20N2OS2. The highest BCUT2D eigenvalue weighted by Gasteiger charge is 2.28. The Kier molecular flexibility index (Phi) is 5.43. The van der Waals surface area contributed by atoms with E-state index in [2.05, 4.69) is 12.2 Å². The van der Waals surface area contributed by atoms with Crippen LogP contribution in [0.5, 0.6) is 0 Å². The van der Waals surface area contributed by atoms with E-state index < -0.39 is 0 Å². The van der Waals surface area contributed by atoms with Crippen LogP contribution in [0, 0.1) is 0 Å². The summed E-state index contributed by atoms with van der Waals surface area (Å²) in [6.45, 7) is 2.16. The Balaban J connectivity index is 1.99. The van der Waals surface area contributed by atoms with Crippen LogP contribution in [-0.2, 0) is 0 Å². The molecule has 2 rings (SSSR count). The Labute approximate surface area is 129 Å². The maximum atomic E-state index is 12.2. The zero-order valence-corrected chi connectivity index (χ0v) is 13.2. The lowest BCUT2D eigenvalue weighted by Gasteiger charge is -2.20. The van der Waals surface area contributed by atoms with Crippen LogP contribution in [0.25, 0.3) is 0 Å². The molecule has 0 bridgehead atoms. The van der Waals surface area contributed by atoms with Crippen LogP contribution in [0.4, 0.5) is 0 Å². The topological polar surface area (TPSA) is 55.1 Å². The second-order valence-electron chi connectivity index (χ2n) is 4.95. The van der Waals surface area contributed by atoms with E-state index in [1.165, 1.54) is 12.8 Å². The SMILES string of the molecule is CCSC1CCCC1NC(=O)c1ccc(C(N)=S)cc1. The first kappa shape index (κ1) is 15.3. The molecule has 1 fully saturated rings. The van der Waals surface area contributed by atoms with Crippen molar-refractivity contribution in [3.05, 3.63) is 35.4 Å². The maximum absolute atomic E-state index is 12.2. The molecule has 0 radical (unpaired) electrons. The number of nitrogens with one attached hydrogen (secondary N) is 1. The minimum Gasteiger partial charge on any atom is -0.389 e. The molecule has 1 aliphatic carbocycles. The number of carbonyl (C=O) groups excluding carboxylic acids is 1. The van der Waals surface area contributed by atoms with Crippen molar-refractivity contribution in [1.82, 2.24) is 5.32 Å². The molecule has 1 aliphatic rings. The molecule has 1 saturated carbocycles. The lowest BCUT2D eigenvalue weighted by molar-refractivity contribution is 0.0938. The molecule has 5 heteroatoms. The maximum Gasteiger partial charge on any atom is 0.251 e. The van der Waals surface area contributed by atoms with E-state index in [4.69, 9.17) is 18.0 Å². The Bertz CT molecular complexity index is 487. The molecule has 20 heavy (non-hydrogen) atoms. The molecule has 108 valence electrons. The van der Waals surface area contributed by atoms with Crippen LogP contribution >= 0.6 is 24.0 Å². The van der Waals surface area contributed by atoms with Gasteiger partial charge >= 0.3 is 0 Å². The van der Waals surface area contributed by atoms with Crippen molar-refractivity contribution in [3.8, 4) is 0 Å². The average molecular weight is 308 g/mol. The fourth-order valence-electron chi connectivity index (χ4n) is 2.54. The third-order valence-corrected chi connectivity index (χ3v) is 5.14. The van der Waals surface area contributed by atoms with Gasteiger partial charge in [0.25, 0.3) is 5.91 Å². The number of amides is 1. The highest BCUT2D eigenvalue weighted by atomic mass is 32.2. The van der Waals surface area contributed by atoms with E-state index in [1.807, 2.05) is 11.8 Å². The van der Waals surface area contributed by atoms with Gasteiger partial charge < -0.3 is 11.1 Å². The van der Waals surface area contributed by atoms with Crippen LogP contribution < -0.4 is 11.1 Å². The second-order valence-corrected chi connectivity index (χ2v) is 6.90. The molecule has 1 aromatic carbocycles. The van der Waals surface area contributed by atoms with Gasteiger partial charge in [-0.05, 0) is 30.7 Å². The van der Waals surface area contributed by atoms with Crippen molar-refractivity contribution in [2.75, 3.05) is 5.75 Å². The van der Waals surface area contributed by atoms with Crippen LogP contribution in [0.1, 0.15) is 42.1 Å². The van der Waals surface area contributed by atoms with Gasteiger partial charge in [-0.25, -0.2) is 0 Å². The highest BCUT2D eigenvalue weighted by Crippen LogP contribution is 2.30. The highest BCUT2D eigenvalue weighted by molar-refractivity contribution is 7.99. The van der Waals surface area contributed by atoms with E-state index in [0.717, 1.165) is 17.7 Å². The van der Waals surface area contributed by atoms with Gasteiger partial charge in [-0.15, -0.1) is 0 Å². The molecule has 0 aliphatic heterocycles. The first-order valence-corrected chi connectivity index (χ1v) is 8.40. The molecule has 2 atom stereocenters. The van der Waals surface area contributed by atoms with E-state index >= 15 is 0 Å². The zero-order chi connectivity index (χ0) is 14.5. The number of benzene rings is 1. The average Bonchev–Trinajstić information content (AvgIpc) is 2.86. The van der Waals surface area contributed by atoms with Gasteiger partial charge in [0.05, 0.1) is 0 Å². The molecular weight excluding hydrogens is 288 g/mol. The number of thiocarbonyl (C=S) groups is 1. The summed E-state index contributed by atoms with van der Waals surface area (Å²) in [7, 11) is 0. The fourth-order valence-corrected chi connectivity index (χ4v) is 3.88. The molecule has 3 N–H and O–H groups in total. The second kappa shape index (κ2) is 7.09. The van der Waals surface area contributed by atoms with E-state index in [-0.39, 0.29) is 5.91 Å². The molecule has 0 heterocycles. The third kappa shape index (κ3) is 3.73. The van der Waals surface area contributed by atoms with Crippen molar-refractivity contribution < 1.29 is 4.79 Å². The molecule has 2 unspecified atom stereocenters. The first-order valence-electron chi connectivity index (χ1n) is 6.94. The molecule has 0 aromatic heterocycles. The van der Waals surface area contributed by atoms with Crippen molar-refractivity contribution in [2.45, 2.75) is 37.5 Å². The van der Waals surface area contributed by atoms with Crippen LogP contribution in [0.2, 0.25) is 0 Å². The standard InChI is InChI=1S/C15H20N2OS2/c1-2-20-13-5-3-4-12(13)17-15(18)11-8-6-10(7-9-11)14(16)19/h6-9,12-13H,2-5H2,1H3,(H2,16,19)(H,17,18). The number of nitrogens with two attached hydrogens (primary N) is 1. The van der Waals surface area contributed by atoms with Gasteiger partial charge in [0.15, 0.2) is 0 Å². The molecule has 1 aromatic rings. The quantitative estimate of drug-likeness (QED) is 0.821. The first-order chi connectivity index (χ1) is 9.61. The van der Waals surface area contributed by atoms with Crippen LogP contribution in [0.3, 0.4) is 0 Å². The van der Waals surface area contributed by atoms with Gasteiger partial charge in [-0.2, -0.15) is 11.8 Å². The fraction of sp³-hybridized carbons (Fsp3) is 0.467. The van der Waals surface area contributed by atoms with E-state index in [0.29, 0.717) is 21.8 Å². The van der Waals surface area contributed by atoms with Gasteiger partial charge in [-0.3, -0.25) is 4.79 Å². The van der Waals surface area contributed by atoms with Gasteiger partial charge in [0.1, 0.15) is 4.99 Å². The van der Waals surface area contributed by atoms with E-state index in [9.17, 15) is 4.79 Å². The predicted molar refractivity (Wildman–Crippen MR) is 89.4 cm³/mol. The summed E-state index contributed by atoms with van der Waals surface area (Å²) in [6, 6.07) is 7.44. The van der Waals surface area contributed by atoms with E-state index in [1.54, 1.807) is 24.3 Å². The number of hydrogen-bond acceptors (Lipinski definition) is 3. The summed E-state index contributed by atoms with van der Waals surface area (Å²) >= 11 is 6.85. The lowest BCUT2D eigenvalue weighted by atomic mass is 10.1. The molecule has 0 spiro atoms. The summed E-state index contributed by atoms with van der Waals surface area (Å²) in [5.74, 6) is 1.09. The minimum absolute atomic E-state index is 0.00640. The molecule has 0 saturated heterocycles. The Hall–Kier alpha value is -1.07. The van der Waals surface area contributed by atoms with Gasteiger partial charge in [0, 0.05) is 22.4 Å². The normalized spacial score (nSPS) is 21.6. The monoisotopic (exact) mass is 308 g/mol. The largest absolute Gasteiger partial charge is 0.389 e. The summed E-state index contributed by atoms with van der Waals surface area (Å²) < 4.78 is 0. The summed E-state index contributed by atoms with van der Waals surface area (Å²) in [6.07, 6.45) is 3.47. The number of thioether (sulfide) groups is 1. The number of hydrogen-bond donors (Lipinski definition) is 2. The predicted octanol–water partition coefficient (Wildman–Crippen LogP) is 2.72. The summed E-state index contributed by atoms with van der Waals surface area (Å²) in [5, 5.41) is 3.71. The smallest absolute Gasteiger partial charge is 0.251 e. The molecule has 3 nitrogen and oxygen atoms in total. The van der Waals surface area contributed by atoms with Crippen molar-refractivity contribution in [1.29, 1.82) is 0 Å². The van der Waals surface area contributed by atoms with Crippen LogP contribution in [0.15, 0.2) is 24.3 Å². The lowest BCUT2D eigenvalue weighted by Crippen LogP contribution is -2.38. The molecule has 1 amide bonds. The summed E-state index contributed by atoms with van der Waals surface area (Å²) in [5.41, 5.74) is 7.00.